The van der Waals surface area contributed by atoms with Gasteiger partial charge in [-0.3, -0.25) is 4.79 Å². The lowest BCUT2D eigenvalue weighted by molar-refractivity contribution is 0.103. The minimum Gasteiger partial charge on any atom is -0.457 e. The van der Waals surface area contributed by atoms with Crippen LogP contribution in [0.4, 0.5) is 0 Å². The molecule has 0 N–H and O–H groups in total. The van der Waals surface area contributed by atoms with Crippen LogP contribution >= 0.6 is 0 Å². The standard InChI is InChI=1S/C19H24.C17H18O.C16H18O2S.C16H18O.C16H18.C10H14/c1-13-7-9-17(11-15(13)3)19(5,6)18-10-8-14(2)16(4)12-18;1-11-5-7-15(9-13(11)3)17(18)16-8-6-12(2)14(4)10-16;1-11-5-7-15(9-13(11)3)19(17,18)16-8-6-12(2)14(4)10-16;1-11-5-7-15(9-13(11)3)17-16-8-6-12(2)14(4)10-16;1-11-5-7-15(9-13(11)3)16-8-6-12(2)14(4)10-16;1-7-5-9(3)10(4)6-8(7)2/h7-12H,1-6H3;5-10H,1-4H3;5-10H,1-4H3;5-10H,1-4H3;5-10H,1-4H3;5-6H,1-4H3. The van der Waals surface area contributed by atoms with Crippen LogP contribution in [0.1, 0.15) is 174 Å². The fraction of sp³-hybridized carbons (Fsp3) is 0.287. The number of carbonyl (C=O) groups is 1. The summed E-state index contributed by atoms with van der Waals surface area (Å²) in [4.78, 5) is 13.1. The lowest BCUT2D eigenvalue weighted by Crippen LogP contribution is -2.19. The van der Waals surface area contributed by atoms with Crippen molar-refractivity contribution in [2.24, 2.45) is 0 Å². The third kappa shape index (κ3) is 21.4. The van der Waals surface area contributed by atoms with Gasteiger partial charge in [-0.15, -0.1) is 0 Å². The molecule has 0 aromatic heterocycles. The molecule has 0 saturated heterocycles. The van der Waals surface area contributed by atoms with Crippen molar-refractivity contribution in [3.05, 3.63) is 350 Å². The number of benzene rings is 11. The van der Waals surface area contributed by atoms with Gasteiger partial charge < -0.3 is 4.74 Å². The van der Waals surface area contributed by atoms with Crippen molar-refractivity contribution in [3.8, 4) is 22.6 Å². The lowest BCUT2D eigenvalue weighted by Gasteiger charge is -2.27. The van der Waals surface area contributed by atoms with Gasteiger partial charge in [0.15, 0.2) is 5.78 Å². The van der Waals surface area contributed by atoms with E-state index in [0.29, 0.717) is 9.79 Å². The third-order valence-corrected chi connectivity index (χ3v) is 22.0. The van der Waals surface area contributed by atoms with E-state index in [-0.39, 0.29) is 11.2 Å². The van der Waals surface area contributed by atoms with Gasteiger partial charge in [-0.25, -0.2) is 8.42 Å². The second-order valence-corrected chi connectivity index (χ2v) is 30.3. The Labute approximate surface area is 597 Å². The number of rotatable bonds is 9. The summed E-state index contributed by atoms with van der Waals surface area (Å²) in [5.41, 5.74) is 37.4. The molecule has 0 amide bonds. The van der Waals surface area contributed by atoms with Gasteiger partial charge >= 0.3 is 0 Å². The molecule has 0 radical (unpaired) electrons. The second kappa shape index (κ2) is 34.6. The highest BCUT2D eigenvalue weighted by atomic mass is 32.2. The highest BCUT2D eigenvalue weighted by Gasteiger charge is 2.24. The van der Waals surface area contributed by atoms with Crippen molar-refractivity contribution in [1.29, 1.82) is 0 Å². The molecule has 0 aliphatic rings. The van der Waals surface area contributed by atoms with E-state index in [0.717, 1.165) is 56.0 Å². The number of sulfone groups is 1. The van der Waals surface area contributed by atoms with E-state index < -0.39 is 9.84 Å². The summed E-state index contributed by atoms with van der Waals surface area (Å²) in [6.45, 7) is 55.0. The fourth-order valence-electron chi connectivity index (χ4n) is 10.9. The average molecular weight is 1340 g/mol. The van der Waals surface area contributed by atoms with Gasteiger partial charge in [-0.05, 0) is 383 Å². The number of hydrogen-bond donors (Lipinski definition) is 0. The number of ether oxygens (including phenoxy) is 1. The van der Waals surface area contributed by atoms with Crippen molar-refractivity contribution in [2.45, 2.75) is 195 Å². The van der Waals surface area contributed by atoms with E-state index in [2.05, 4.69) is 248 Å². The van der Waals surface area contributed by atoms with Crippen molar-refractivity contribution in [3.63, 3.8) is 0 Å². The van der Waals surface area contributed by atoms with Crippen LogP contribution in [0, 0.1) is 166 Å². The molecule has 11 aromatic rings. The van der Waals surface area contributed by atoms with Crippen molar-refractivity contribution >= 4 is 15.6 Å². The molecule has 0 spiro atoms. The SMILES string of the molecule is Cc1cc(C)c(C)cc1C.Cc1ccc(-c2ccc(C)c(C)c2)cc1C.Cc1ccc(C(=O)c2ccc(C)c(C)c2)cc1C.Cc1ccc(C(C)(C)c2ccc(C)c(C)c2)cc1C.Cc1ccc(Oc2ccc(C)c(C)c2)cc1C.Cc1ccc(S(=O)(=O)c2ccc(C)c(C)c2)cc1C. The molecule has 0 unspecified atom stereocenters. The van der Waals surface area contributed by atoms with Gasteiger partial charge in [0, 0.05) is 16.5 Å². The highest BCUT2D eigenvalue weighted by molar-refractivity contribution is 7.91. The number of aryl methyl sites for hydroxylation is 24. The summed E-state index contributed by atoms with van der Waals surface area (Å²) < 4.78 is 31.0. The van der Waals surface area contributed by atoms with Crippen LogP contribution in [0.15, 0.2) is 204 Å². The van der Waals surface area contributed by atoms with Crippen LogP contribution in [0.25, 0.3) is 11.1 Å². The maximum absolute atomic E-state index is 12.6. The Balaban J connectivity index is 0.000000189. The smallest absolute Gasteiger partial charge is 0.206 e. The number of ketones is 1. The maximum atomic E-state index is 12.6. The largest absolute Gasteiger partial charge is 0.457 e. The second-order valence-electron chi connectivity index (χ2n) is 28.4. The Hall–Kier alpha value is -9.16. The first-order valence-corrected chi connectivity index (χ1v) is 36.1. The van der Waals surface area contributed by atoms with E-state index in [9.17, 15) is 13.2 Å². The molecule has 0 aliphatic heterocycles. The zero-order valence-electron chi connectivity index (χ0n) is 64.5. The Kier molecular flexibility index (Phi) is 27.5. The van der Waals surface area contributed by atoms with Gasteiger partial charge in [-0.2, -0.15) is 0 Å². The predicted molar refractivity (Wildman–Crippen MR) is 425 cm³/mol. The first-order chi connectivity index (χ1) is 46.4. The molecule has 11 rings (SSSR count). The molecule has 0 atom stereocenters. The Morgan fingerprint density at radius 1 is 0.242 bits per heavy atom. The molecular weight excluding hydrogens is 1230 g/mol. The molecule has 0 saturated carbocycles. The first-order valence-electron chi connectivity index (χ1n) is 34.6. The van der Waals surface area contributed by atoms with Gasteiger partial charge in [-0.1, -0.05) is 147 Å². The zero-order chi connectivity index (χ0) is 73.5. The quantitative estimate of drug-likeness (QED) is 0.135. The molecule has 99 heavy (non-hydrogen) atoms. The Morgan fingerprint density at radius 2 is 0.475 bits per heavy atom. The molecule has 0 aliphatic carbocycles. The minimum atomic E-state index is -3.42. The van der Waals surface area contributed by atoms with Gasteiger partial charge in [0.1, 0.15) is 11.5 Å². The van der Waals surface area contributed by atoms with E-state index in [1.807, 2.05) is 102 Å². The molecule has 0 bridgehead atoms. The monoisotopic (exact) mass is 1330 g/mol. The molecule has 11 aromatic carbocycles. The first kappa shape index (κ1) is 78.8. The summed E-state index contributed by atoms with van der Waals surface area (Å²) in [7, 11) is -3.42. The van der Waals surface area contributed by atoms with E-state index >= 15 is 0 Å². The summed E-state index contributed by atoms with van der Waals surface area (Å²) in [5, 5.41) is 0. The Bertz CT molecular complexity index is 4490. The topological polar surface area (TPSA) is 60.4 Å². The van der Waals surface area contributed by atoms with Crippen LogP contribution in [0.3, 0.4) is 0 Å². The number of carbonyl (C=O) groups excluding carboxylic acids is 1. The summed E-state index contributed by atoms with van der Waals surface area (Å²) in [5.74, 6) is 1.90. The van der Waals surface area contributed by atoms with Crippen LogP contribution < -0.4 is 4.74 Å². The van der Waals surface area contributed by atoms with Crippen LogP contribution in [0.2, 0.25) is 0 Å². The summed E-state index contributed by atoms with van der Waals surface area (Å²) >= 11 is 0. The molecule has 0 heterocycles. The van der Waals surface area contributed by atoms with E-state index in [4.69, 9.17) is 4.74 Å². The van der Waals surface area contributed by atoms with Crippen molar-refractivity contribution in [1.82, 2.24) is 0 Å². The average Bonchev–Trinajstić information content (AvgIpc) is 0.799. The summed E-state index contributed by atoms with van der Waals surface area (Å²) in [6, 6.07) is 66.0. The molecule has 4 nitrogen and oxygen atoms in total. The van der Waals surface area contributed by atoms with Gasteiger partial charge in [0.2, 0.25) is 9.84 Å². The molecule has 516 valence electrons. The van der Waals surface area contributed by atoms with Crippen molar-refractivity contribution in [2.75, 3.05) is 0 Å². The van der Waals surface area contributed by atoms with Crippen LogP contribution in [-0.2, 0) is 15.3 Å². The minimum absolute atomic E-state index is 0.0525. The van der Waals surface area contributed by atoms with Gasteiger partial charge in [0.05, 0.1) is 9.79 Å². The highest BCUT2D eigenvalue weighted by Crippen LogP contribution is 2.34. The van der Waals surface area contributed by atoms with Crippen LogP contribution in [0.5, 0.6) is 11.5 Å². The van der Waals surface area contributed by atoms with Crippen LogP contribution in [-0.4, -0.2) is 14.2 Å². The summed E-state index contributed by atoms with van der Waals surface area (Å²) in [6.07, 6.45) is 0. The molecular formula is C94H110O4S. The van der Waals surface area contributed by atoms with E-state index in [1.54, 1.807) is 24.3 Å². The Morgan fingerprint density at radius 3 is 0.747 bits per heavy atom. The lowest BCUT2D eigenvalue weighted by atomic mass is 9.76. The predicted octanol–water partition coefficient (Wildman–Crippen LogP) is 25.4. The normalized spacial score (nSPS) is 10.8. The molecule has 0 fully saturated rings. The zero-order valence-corrected chi connectivity index (χ0v) is 65.3. The maximum Gasteiger partial charge on any atom is 0.206 e. The van der Waals surface area contributed by atoms with E-state index in [1.165, 1.54) is 122 Å². The number of hydrogen-bond acceptors (Lipinski definition) is 4. The fourth-order valence-corrected chi connectivity index (χ4v) is 12.3. The molecule has 5 heteroatoms. The van der Waals surface area contributed by atoms with Crippen molar-refractivity contribution < 1.29 is 17.9 Å². The van der Waals surface area contributed by atoms with Gasteiger partial charge in [0.25, 0.3) is 0 Å². The third-order valence-electron chi connectivity index (χ3n) is 20.2.